The zero-order valence-electron chi connectivity index (χ0n) is 16.5. The molecule has 0 saturated carbocycles. The number of aliphatic hydroxyl groups is 1. The van der Waals surface area contributed by atoms with E-state index in [2.05, 4.69) is 10.3 Å². The number of nitrogens with zero attached hydrogens (tertiary/aromatic N) is 3. The van der Waals surface area contributed by atoms with Crippen molar-refractivity contribution in [1.29, 1.82) is 0 Å². The van der Waals surface area contributed by atoms with E-state index in [1.165, 1.54) is 6.20 Å². The second kappa shape index (κ2) is 8.63. The number of nitrogens with one attached hydrogen (secondary N) is 1. The van der Waals surface area contributed by atoms with E-state index in [0.717, 1.165) is 11.1 Å². The first-order chi connectivity index (χ1) is 13.8. The summed E-state index contributed by atoms with van der Waals surface area (Å²) in [5, 5.41) is 12.3. The van der Waals surface area contributed by atoms with E-state index in [1.54, 1.807) is 34.2 Å². The number of carbonyl (C=O) groups excluding carboxylic acids is 1. The average molecular weight is 415 g/mol. The average Bonchev–Trinajstić information content (AvgIpc) is 3.11. The second-order valence-corrected chi connectivity index (χ2v) is 7.57. The van der Waals surface area contributed by atoms with E-state index in [9.17, 15) is 9.59 Å². The fourth-order valence-corrected chi connectivity index (χ4v) is 3.06. The van der Waals surface area contributed by atoms with Crippen molar-refractivity contribution in [2.75, 3.05) is 6.61 Å². The lowest BCUT2D eigenvalue weighted by Gasteiger charge is -2.13. The van der Waals surface area contributed by atoms with Gasteiger partial charge in [-0.15, -0.1) is 0 Å². The number of amides is 1. The van der Waals surface area contributed by atoms with Crippen LogP contribution < -0.4 is 10.9 Å². The zero-order valence-corrected chi connectivity index (χ0v) is 17.3. The molecule has 8 heteroatoms. The van der Waals surface area contributed by atoms with Crippen molar-refractivity contribution in [2.24, 2.45) is 0 Å². The Kier molecular flexibility index (Phi) is 6.20. The Morgan fingerprint density at radius 1 is 1.34 bits per heavy atom. The van der Waals surface area contributed by atoms with Crippen LogP contribution in [-0.4, -0.2) is 37.6 Å². The van der Waals surface area contributed by atoms with Crippen LogP contribution in [0.25, 0.3) is 16.9 Å². The van der Waals surface area contributed by atoms with E-state index in [-0.39, 0.29) is 23.5 Å². The van der Waals surface area contributed by atoms with Crippen molar-refractivity contribution < 1.29 is 9.90 Å². The zero-order chi connectivity index (χ0) is 21.1. The van der Waals surface area contributed by atoms with Gasteiger partial charge < -0.3 is 10.4 Å². The molecule has 3 aromatic rings. The van der Waals surface area contributed by atoms with Gasteiger partial charge in [-0.05, 0) is 32.9 Å². The SMILES string of the molecule is CC(C)=CCn1c(-c2cccc(Cl)c2)cn2cc(C(=O)N[C@@H](C)CO)nc2c1=O. The molecule has 0 unspecified atom stereocenters. The molecule has 0 spiro atoms. The Morgan fingerprint density at radius 3 is 2.76 bits per heavy atom. The molecular formula is C21H23ClN4O3. The molecule has 0 bridgehead atoms. The predicted octanol–water partition coefficient (Wildman–Crippen LogP) is 2.89. The highest BCUT2D eigenvalue weighted by Gasteiger charge is 2.18. The summed E-state index contributed by atoms with van der Waals surface area (Å²) >= 11 is 6.15. The smallest absolute Gasteiger partial charge is 0.295 e. The molecule has 0 aliphatic heterocycles. The van der Waals surface area contributed by atoms with Gasteiger partial charge >= 0.3 is 0 Å². The Labute approximate surface area is 173 Å². The van der Waals surface area contributed by atoms with Crippen LogP contribution in [0.15, 0.2) is 53.1 Å². The highest BCUT2D eigenvalue weighted by Crippen LogP contribution is 2.22. The van der Waals surface area contributed by atoms with Crippen LogP contribution in [0.4, 0.5) is 0 Å². The fourth-order valence-electron chi connectivity index (χ4n) is 2.87. The van der Waals surface area contributed by atoms with E-state index in [4.69, 9.17) is 16.7 Å². The van der Waals surface area contributed by atoms with Gasteiger partial charge in [-0.1, -0.05) is 35.4 Å². The molecule has 0 saturated heterocycles. The van der Waals surface area contributed by atoms with E-state index < -0.39 is 11.9 Å². The molecule has 0 radical (unpaired) electrons. The van der Waals surface area contributed by atoms with Crippen molar-refractivity contribution in [3.63, 3.8) is 0 Å². The van der Waals surface area contributed by atoms with Gasteiger partial charge in [-0.2, -0.15) is 0 Å². The van der Waals surface area contributed by atoms with Crippen LogP contribution in [0.2, 0.25) is 5.02 Å². The normalized spacial score (nSPS) is 12.0. The molecule has 1 amide bonds. The lowest BCUT2D eigenvalue weighted by atomic mass is 10.1. The van der Waals surface area contributed by atoms with Crippen molar-refractivity contribution in [2.45, 2.75) is 33.4 Å². The van der Waals surface area contributed by atoms with Gasteiger partial charge in [0.25, 0.3) is 11.5 Å². The van der Waals surface area contributed by atoms with Crippen molar-refractivity contribution >= 4 is 23.2 Å². The van der Waals surface area contributed by atoms with Crippen molar-refractivity contribution in [1.82, 2.24) is 19.3 Å². The minimum atomic E-state index is -0.449. The largest absolute Gasteiger partial charge is 0.394 e. The molecule has 1 aromatic carbocycles. The summed E-state index contributed by atoms with van der Waals surface area (Å²) in [5.41, 5.74) is 2.48. The molecule has 2 aromatic heterocycles. The number of carbonyl (C=O) groups is 1. The third kappa shape index (κ3) is 4.58. The Balaban J connectivity index is 2.18. The maximum Gasteiger partial charge on any atom is 0.295 e. The first kappa shape index (κ1) is 20.8. The fraction of sp³-hybridized carbons (Fsp3) is 0.286. The first-order valence-corrected chi connectivity index (χ1v) is 9.61. The minimum Gasteiger partial charge on any atom is -0.394 e. The van der Waals surface area contributed by atoms with Crippen LogP contribution in [-0.2, 0) is 6.54 Å². The van der Waals surface area contributed by atoms with E-state index >= 15 is 0 Å². The maximum atomic E-state index is 13.2. The van der Waals surface area contributed by atoms with Crippen molar-refractivity contribution in [3.05, 3.63) is 69.4 Å². The van der Waals surface area contributed by atoms with Gasteiger partial charge in [-0.3, -0.25) is 18.6 Å². The summed E-state index contributed by atoms with van der Waals surface area (Å²) in [7, 11) is 0. The number of halogens is 1. The molecule has 7 nitrogen and oxygen atoms in total. The van der Waals surface area contributed by atoms with Gasteiger partial charge in [0.15, 0.2) is 0 Å². The number of allylic oxidation sites excluding steroid dienone is 2. The third-order valence-corrected chi connectivity index (χ3v) is 4.64. The quantitative estimate of drug-likeness (QED) is 0.607. The summed E-state index contributed by atoms with van der Waals surface area (Å²) in [6.45, 7) is 5.78. The van der Waals surface area contributed by atoms with Gasteiger partial charge in [0, 0.05) is 35.6 Å². The number of hydrogen-bond acceptors (Lipinski definition) is 4. The highest BCUT2D eigenvalue weighted by molar-refractivity contribution is 6.30. The highest BCUT2D eigenvalue weighted by atomic mass is 35.5. The summed E-state index contributed by atoms with van der Waals surface area (Å²) < 4.78 is 3.16. The first-order valence-electron chi connectivity index (χ1n) is 9.23. The van der Waals surface area contributed by atoms with Crippen LogP contribution in [0.1, 0.15) is 31.3 Å². The molecule has 29 heavy (non-hydrogen) atoms. The number of imidazole rings is 1. The van der Waals surface area contributed by atoms with Gasteiger partial charge in [0.05, 0.1) is 12.3 Å². The topological polar surface area (TPSA) is 88.6 Å². The summed E-state index contributed by atoms with van der Waals surface area (Å²) in [4.78, 5) is 29.8. The van der Waals surface area contributed by atoms with E-state index in [1.807, 2.05) is 32.1 Å². The molecule has 2 N–H and O–H groups in total. The molecule has 2 heterocycles. The lowest BCUT2D eigenvalue weighted by molar-refractivity contribution is 0.0918. The van der Waals surface area contributed by atoms with Gasteiger partial charge in [0.1, 0.15) is 5.69 Å². The summed E-state index contributed by atoms with van der Waals surface area (Å²) in [6, 6.07) is 6.84. The number of hydrogen-bond donors (Lipinski definition) is 2. The van der Waals surface area contributed by atoms with Crippen molar-refractivity contribution in [3.8, 4) is 11.3 Å². The number of aromatic nitrogens is 3. The van der Waals surface area contributed by atoms with Gasteiger partial charge in [-0.25, -0.2) is 4.98 Å². The summed E-state index contributed by atoms with van der Waals surface area (Å²) in [5.74, 6) is -0.449. The number of aliphatic hydroxyl groups excluding tert-OH is 1. The molecular weight excluding hydrogens is 392 g/mol. The predicted molar refractivity (Wildman–Crippen MR) is 113 cm³/mol. The Morgan fingerprint density at radius 2 is 2.10 bits per heavy atom. The van der Waals surface area contributed by atoms with E-state index in [0.29, 0.717) is 17.3 Å². The maximum absolute atomic E-state index is 13.2. The second-order valence-electron chi connectivity index (χ2n) is 7.14. The van der Waals surface area contributed by atoms with Crippen LogP contribution in [0.5, 0.6) is 0 Å². The molecule has 152 valence electrons. The Hall–Kier alpha value is -2.90. The van der Waals surface area contributed by atoms with Crippen LogP contribution >= 0.6 is 11.6 Å². The molecule has 1 atom stereocenters. The molecule has 0 aliphatic rings. The standard InChI is InChI=1S/C21H23ClN4O3/c1-13(2)7-8-26-18(15-5-4-6-16(22)9-15)11-25-10-17(24-19(25)21(26)29)20(28)23-14(3)12-27/h4-7,9-11,14,27H,8,12H2,1-3H3,(H,23,28)/t14-/m0/s1. The Bertz CT molecular complexity index is 1140. The van der Waals surface area contributed by atoms with Crippen LogP contribution in [0, 0.1) is 0 Å². The molecule has 0 fully saturated rings. The molecule has 3 rings (SSSR count). The minimum absolute atomic E-state index is 0.111. The number of benzene rings is 1. The number of fused-ring (bicyclic) bond motifs is 1. The van der Waals surface area contributed by atoms with Crippen LogP contribution in [0.3, 0.4) is 0 Å². The third-order valence-electron chi connectivity index (χ3n) is 4.41. The monoisotopic (exact) mass is 414 g/mol. The summed E-state index contributed by atoms with van der Waals surface area (Å²) in [6.07, 6.45) is 5.22. The molecule has 0 aliphatic carbocycles. The van der Waals surface area contributed by atoms with Gasteiger partial charge in [0.2, 0.25) is 5.65 Å². The lowest BCUT2D eigenvalue weighted by Crippen LogP contribution is -2.35. The number of rotatable bonds is 6.